The Morgan fingerprint density at radius 1 is 0.202 bits per heavy atom. The van der Waals surface area contributed by atoms with Crippen molar-refractivity contribution in [1.29, 1.82) is 0 Å². The molecule has 0 spiro atoms. The summed E-state index contributed by atoms with van der Waals surface area (Å²) in [7, 11) is 0. The van der Waals surface area contributed by atoms with Gasteiger partial charge in [0.25, 0.3) is 0 Å². The topological polar surface area (TPSA) is 156 Å². The van der Waals surface area contributed by atoms with E-state index in [0.29, 0.717) is 44.5 Å². The van der Waals surface area contributed by atoms with Gasteiger partial charge in [-0.3, -0.25) is 0 Å². The molecule has 4 heterocycles. The van der Waals surface area contributed by atoms with Crippen molar-refractivity contribution in [3.63, 3.8) is 0 Å². The summed E-state index contributed by atoms with van der Waals surface area (Å²) in [6.07, 6.45) is -18.6. The molecule has 0 unspecified atom stereocenters. The molecule has 418 valence electrons. The van der Waals surface area contributed by atoms with Gasteiger partial charge in [-0.2, -0.15) is 52.7 Å². The van der Waals surface area contributed by atoms with Gasteiger partial charge in [-0.25, -0.2) is 0 Å². The molecule has 12 nitrogen and oxygen atoms in total. The minimum Gasteiger partial charge on any atom is -0.416 e. The third kappa shape index (κ3) is 11.0. The van der Waals surface area contributed by atoms with Gasteiger partial charge in [0.05, 0.1) is 22.3 Å². The maximum absolute atomic E-state index is 13.8. The Kier molecular flexibility index (Phi) is 13.4. The highest BCUT2D eigenvalue weighted by atomic mass is 19.4. The van der Waals surface area contributed by atoms with Gasteiger partial charge in [0.2, 0.25) is 47.1 Å². The lowest BCUT2D eigenvalue weighted by Gasteiger charge is -2.17. The van der Waals surface area contributed by atoms with Crippen molar-refractivity contribution in [3.8, 4) is 125 Å². The van der Waals surface area contributed by atoms with Crippen molar-refractivity contribution < 1.29 is 70.4 Å². The highest BCUT2D eigenvalue weighted by Gasteiger charge is 2.34. The van der Waals surface area contributed by atoms with Gasteiger partial charge in [0.15, 0.2) is 0 Å². The zero-order valence-electron chi connectivity index (χ0n) is 42.1. The van der Waals surface area contributed by atoms with Gasteiger partial charge in [0, 0.05) is 44.5 Å². The van der Waals surface area contributed by atoms with Crippen LogP contribution in [-0.4, -0.2) is 40.8 Å². The van der Waals surface area contributed by atoms with Crippen molar-refractivity contribution in [2.75, 3.05) is 0 Å². The normalized spacial score (nSPS) is 12.3. The van der Waals surface area contributed by atoms with Crippen LogP contribution in [0.3, 0.4) is 0 Å². The molecule has 8 aromatic carbocycles. The Balaban J connectivity index is 0.983. The number of nitrogens with zero attached hydrogens (tertiary/aromatic N) is 8. The van der Waals surface area contributed by atoms with Crippen molar-refractivity contribution in [1.82, 2.24) is 40.8 Å². The van der Waals surface area contributed by atoms with Crippen LogP contribution >= 0.6 is 0 Å². The van der Waals surface area contributed by atoms with Crippen LogP contribution in [0, 0.1) is 0 Å². The zero-order valence-corrected chi connectivity index (χ0v) is 42.1. The number of alkyl halides is 12. The van der Waals surface area contributed by atoms with E-state index in [1.54, 1.807) is 84.9 Å². The van der Waals surface area contributed by atoms with Crippen LogP contribution in [0.25, 0.3) is 125 Å². The van der Waals surface area contributed by atoms with Gasteiger partial charge in [-0.15, -0.1) is 40.8 Å². The Morgan fingerprint density at radius 2 is 0.405 bits per heavy atom. The van der Waals surface area contributed by atoms with Crippen molar-refractivity contribution >= 4 is 0 Å². The molecule has 0 N–H and O–H groups in total. The Labute approximate surface area is 463 Å². The summed E-state index contributed by atoms with van der Waals surface area (Å²) in [5.74, 6) is -1.05. The average Bonchev–Trinajstić information content (AvgIpc) is 4.55. The monoisotopic (exact) mass is 1150 g/mol. The van der Waals surface area contributed by atoms with E-state index in [4.69, 9.17) is 17.7 Å². The molecular formula is C60H30F12N8O4. The van der Waals surface area contributed by atoms with E-state index in [9.17, 15) is 52.7 Å². The third-order valence-electron chi connectivity index (χ3n) is 13.2. The lowest BCUT2D eigenvalue weighted by molar-refractivity contribution is -0.138. The van der Waals surface area contributed by atoms with Gasteiger partial charge in [0.1, 0.15) is 0 Å². The molecule has 0 aliphatic heterocycles. The molecule has 4 aromatic heterocycles. The van der Waals surface area contributed by atoms with Crippen molar-refractivity contribution in [2.45, 2.75) is 24.7 Å². The van der Waals surface area contributed by atoms with E-state index in [1.807, 2.05) is 0 Å². The Hall–Kier alpha value is -10.5. The first kappa shape index (κ1) is 54.1. The second-order valence-corrected chi connectivity index (χ2v) is 18.6. The van der Waals surface area contributed by atoms with E-state index in [2.05, 4.69) is 40.8 Å². The van der Waals surface area contributed by atoms with Crippen LogP contribution in [0.15, 0.2) is 200 Å². The van der Waals surface area contributed by atoms with E-state index >= 15 is 0 Å². The van der Waals surface area contributed by atoms with Crippen LogP contribution in [0.5, 0.6) is 0 Å². The summed E-state index contributed by atoms with van der Waals surface area (Å²) >= 11 is 0. The van der Waals surface area contributed by atoms with Gasteiger partial charge >= 0.3 is 24.7 Å². The number of hydrogen-bond donors (Lipinski definition) is 0. The molecule has 24 heteroatoms. The Morgan fingerprint density at radius 3 is 0.643 bits per heavy atom. The number of rotatable bonds is 11. The molecule has 0 aliphatic carbocycles. The lowest BCUT2D eigenvalue weighted by Crippen LogP contribution is -2.04. The molecule has 0 fully saturated rings. The first-order chi connectivity index (χ1) is 40.1. The maximum atomic E-state index is 13.8. The summed E-state index contributed by atoms with van der Waals surface area (Å²) in [5, 5.41) is 32.7. The summed E-state index contributed by atoms with van der Waals surface area (Å²) in [6.45, 7) is 0. The SMILES string of the molecule is FC(F)(F)c1cccc(-c2nnc(-c3ccc(-c4ccc(-c5nnc(-c6cccc(C(F)(F)F)c6)o5)cc4-c4cc(-c5nnc(-c6cccc(C(F)(F)F)c6)o5)ccc4-c4ccc(-c5nnc(-c6cccc(C(F)(F)F)c6)o5)cc4)cc3)o2)c1. The predicted molar refractivity (Wildman–Crippen MR) is 278 cm³/mol. The summed E-state index contributed by atoms with van der Waals surface area (Å²) < 4.78 is 188. The molecular weight excluding hydrogens is 1120 g/mol. The third-order valence-corrected chi connectivity index (χ3v) is 13.2. The number of hydrogen-bond acceptors (Lipinski definition) is 12. The largest absolute Gasteiger partial charge is 0.416 e. The minimum atomic E-state index is -4.68. The van der Waals surface area contributed by atoms with Crippen molar-refractivity contribution in [2.24, 2.45) is 0 Å². The second kappa shape index (κ2) is 20.8. The molecule has 0 radical (unpaired) electrons. The van der Waals surface area contributed by atoms with Crippen LogP contribution in [-0.2, 0) is 24.7 Å². The van der Waals surface area contributed by atoms with E-state index < -0.39 is 47.0 Å². The fourth-order valence-electron chi connectivity index (χ4n) is 9.03. The molecule has 0 saturated heterocycles. The lowest BCUT2D eigenvalue weighted by atomic mass is 9.87. The molecule has 0 aliphatic rings. The zero-order chi connectivity index (χ0) is 58.7. The molecule has 0 saturated carbocycles. The van der Waals surface area contributed by atoms with E-state index in [0.717, 1.165) is 48.5 Å². The van der Waals surface area contributed by atoms with Gasteiger partial charge in [-0.05, 0) is 155 Å². The molecule has 0 atom stereocenters. The predicted octanol–water partition coefficient (Wildman–Crippen LogP) is 17.6. The molecule has 12 rings (SSSR count). The highest BCUT2D eigenvalue weighted by Crippen LogP contribution is 2.45. The van der Waals surface area contributed by atoms with Gasteiger partial charge in [-0.1, -0.05) is 60.7 Å². The smallest absolute Gasteiger partial charge is 0.416 e. The highest BCUT2D eigenvalue weighted by molar-refractivity contribution is 5.95. The van der Waals surface area contributed by atoms with Crippen LogP contribution in [0.4, 0.5) is 52.7 Å². The number of aromatic nitrogens is 8. The molecule has 0 bridgehead atoms. The fraction of sp³-hybridized carbons (Fsp3) is 0.0667. The number of halogens is 12. The van der Waals surface area contributed by atoms with Crippen LogP contribution in [0.1, 0.15) is 22.3 Å². The summed E-state index contributed by atoms with van der Waals surface area (Å²) in [4.78, 5) is 0. The van der Waals surface area contributed by atoms with E-state index in [-0.39, 0.29) is 80.5 Å². The number of benzene rings is 8. The summed E-state index contributed by atoms with van der Waals surface area (Å²) in [5.41, 5.74) is 0.668. The van der Waals surface area contributed by atoms with Gasteiger partial charge < -0.3 is 17.7 Å². The molecule has 84 heavy (non-hydrogen) atoms. The van der Waals surface area contributed by atoms with Crippen LogP contribution in [0.2, 0.25) is 0 Å². The minimum absolute atomic E-state index is 0.0152. The summed E-state index contributed by atoms with van der Waals surface area (Å²) in [6, 6.07) is 40.8. The fourth-order valence-corrected chi connectivity index (χ4v) is 9.03. The quantitative estimate of drug-likeness (QED) is 0.113. The first-order valence-electron chi connectivity index (χ1n) is 24.6. The van der Waals surface area contributed by atoms with Crippen LogP contribution < -0.4 is 0 Å². The second-order valence-electron chi connectivity index (χ2n) is 18.6. The van der Waals surface area contributed by atoms with Crippen molar-refractivity contribution in [3.05, 3.63) is 204 Å². The first-order valence-corrected chi connectivity index (χ1v) is 24.6. The Bertz CT molecular complexity index is 4130. The average molecular weight is 1150 g/mol. The van der Waals surface area contributed by atoms with E-state index in [1.165, 1.54) is 48.5 Å². The molecule has 12 aromatic rings. The maximum Gasteiger partial charge on any atom is 0.416 e. The standard InChI is InChI=1S/C60H30F12N8O4/c61-57(62,63)41-9-1-5-35(25-41)51-75-73-49(81-51)33-17-13-31(14-18-33)45-23-21-39(55-79-77-53(83-55)37-7-3-11-43(27-37)59(67,68)69)29-47(45)48-30-40(56-80-78-54(84-56)38-8-4-12-44(28-38)60(70,71)72)22-24-46(48)32-15-19-34(20-16-32)50-74-76-52(82-50)36-6-2-10-42(26-36)58(64,65)66/h1-30H. The molecule has 0 amide bonds.